The minimum absolute atomic E-state index is 0.0543. The summed E-state index contributed by atoms with van der Waals surface area (Å²) >= 11 is 18.3. The molecule has 0 amide bonds. The summed E-state index contributed by atoms with van der Waals surface area (Å²) in [5, 5.41) is 5.76. The Morgan fingerprint density at radius 3 is 2.57 bits per heavy atom. The minimum Gasteiger partial charge on any atom is -0.283 e. The normalized spacial score (nSPS) is 18.2. The zero-order valence-corrected chi connectivity index (χ0v) is 19.3. The number of hydrogen-bond donors (Lipinski definition) is 0. The first-order valence-corrected chi connectivity index (χ1v) is 12.3. The standard InChI is InChI=1S/C20H20Cl2N4O2S2/c1-24(16-9-10-30(27,28)12-16)13-25-20(29)26(15-5-3-2-4-6-15)19(23-25)17-8-7-14(21)11-18(17)22/h2-8,11,16H,9-10,12-13H2,1H3/t16-/m1/s1. The molecule has 10 heteroatoms. The highest BCUT2D eigenvalue weighted by Crippen LogP contribution is 2.31. The molecule has 6 nitrogen and oxygen atoms in total. The van der Waals surface area contributed by atoms with Crippen LogP contribution < -0.4 is 0 Å². The van der Waals surface area contributed by atoms with Gasteiger partial charge in [-0.25, -0.2) is 13.1 Å². The topological polar surface area (TPSA) is 60.1 Å². The average Bonchev–Trinajstić information content (AvgIpc) is 3.22. The first-order chi connectivity index (χ1) is 14.2. The largest absolute Gasteiger partial charge is 0.283 e. The summed E-state index contributed by atoms with van der Waals surface area (Å²) in [6.07, 6.45) is 0.613. The van der Waals surface area contributed by atoms with E-state index in [0.29, 0.717) is 39.3 Å². The third-order valence-electron chi connectivity index (χ3n) is 5.21. The molecule has 2 aromatic carbocycles. The Labute approximate surface area is 190 Å². The average molecular weight is 483 g/mol. The maximum atomic E-state index is 11.9. The molecule has 0 N–H and O–H groups in total. The molecule has 4 rings (SSSR count). The second kappa shape index (κ2) is 8.43. The molecular formula is C20H20Cl2N4O2S2. The number of hydrogen-bond acceptors (Lipinski definition) is 5. The van der Waals surface area contributed by atoms with Crippen LogP contribution in [0.4, 0.5) is 0 Å². The van der Waals surface area contributed by atoms with Crippen LogP contribution in [0.3, 0.4) is 0 Å². The summed E-state index contributed by atoms with van der Waals surface area (Å²) in [5.74, 6) is 0.976. The van der Waals surface area contributed by atoms with Gasteiger partial charge >= 0.3 is 0 Å². The van der Waals surface area contributed by atoms with Crippen LogP contribution in [0.1, 0.15) is 6.42 Å². The molecule has 158 valence electrons. The lowest BCUT2D eigenvalue weighted by molar-refractivity contribution is 0.196. The molecule has 1 aromatic heterocycles. The van der Waals surface area contributed by atoms with Gasteiger partial charge in [-0.2, -0.15) is 0 Å². The van der Waals surface area contributed by atoms with E-state index in [1.807, 2.05) is 52.9 Å². The summed E-state index contributed by atoms with van der Waals surface area (Å²) in [6.45, 7) is 0.372. The molecule has 0 unspecified atom stereocenters. The van der Waals surface area contributed by atoms with Crippen LogP contribution in [0.25, 0.3) is 17.1 Å². The van der Waals surface area contributed by atoms with Crippen molar-refractivity contribution in [2.75, 3.05) is 18.6 Å². The van der Waals surface area contributed by atoms with Gasteiger partial charge in [0.05, 0.1) is 23.2 Å². The third-order valence-corrected chi connectivity index (χ3v) is 7.91. The van der Waals surface area contributed by atoms with Crippen LogP contribution in [0.15, 0.2) is 48.5 Å². The van der Waals surface area contributed by atoms with Crippen molar-refractivity contribution in [2.24, 2.45) is 0 Å². The fraction of sp³-hybridized carbons (Fsp3) is 0.300. The van der Waals surface area contributed by atoms with Crippen LogP contribution in [0, 0.1) is 4.77 Å². The van der Waals surface area contributed by atoms with E-state index in [4.69, 9.17) is 40.5 Å². The summed E-state index contributed by atoms with van der Waals surface area (Å²) in [7, 11) is -1.08. The third kappa shape index (κ3) is 4.33. The number of halogens is 2. The fourth-order valence-corrected chi connectivity index (χ4v) is 6.19. The molecule has 0 saturated carbocycles. The van der Waals surface area contributed by atoms with Gasteiger partial charge in [-0.15, -0.1) is 5.10 Å². The monoisotopic (exact) mass is 482 g/mol. The van der Waals surface area contributed by atoms with Crippen LogP contribution in [0.5, 0.6) is 0 Å². The molecule has 1 saturated heterocycles. The molecule has 0 aliphatic carbocycles. The minimum atomic E-state index is -2.97. The first kappa shape index (κ1) is 21.5. The molecule has 2 heterocycles. The van der Waals surface area contributed by atoms with E-state index in [1.54, 1.807) is 16.8 Å². The molecule has 0 spiro atoms. The molecule has 1 aliphatic heterocycles. The number of aromatic nitrogens is 3. The van der Waals surface area contributed by atoms with Crippen molar-refractivity contribution in [3.05, 3.63) is 63.3 Å². The molecular weight excluding hydrogens is 463 g/mol. The van der Waals surface area contributed by atoms with Crippen molar-refractivity contribution in [3.8, 4) is 17.1 Å². The number of sulfone groups is 1. The van der Waals surface area contributed by atoms with Gasteiger partial charge in [0.15, 0.2) is 15.7 Å². The number of para-hydroxylation sites is 1. The summed E-state index contributed by atoms with van der Waals surface area (Å²) in [4.78, 5) is 1.98. The summed E-state index contributed by atoms with van der Waals surface area (Å²) in [5.41, 5.74) is 1.57. The van der Waals surface area contributed by atoms with Crippen molar-refractivity contribution in [1.29, 1.82) is 0 Å². The van der Waals surface area contributed by atoms with Crippen molar-refractivity contribution >= 4 is 45.3 Å². The van der Waals surface area contributed by atoms with E-state index in [2.05, 4.69) is 0 Å². The zero-order chi connectivity index (χ0) is 21.5. The Morgan fingerprint density at radius 1 is 1.20 bits per heavy atom. The number of nitrogens with zero attached hydrogens (tertiary/aromatic N) is 4. The van der Waals surface area contributed by atoms with Gasteiger partial charge in [-0.1, -0.05) is 41.4 Å². The first-order valence-electron chi connectivity index (χ1n) is 9.36. The van der Waals surface area contributed by atoms with E-state index in [1.165, 1.54) is 0 Å². The second-order valence-electron chi connectivity index (χ2n) is 7.36. The Balaban J connectivity index is 1.78. The molecule has 1 fully saturated rings. The highest BCUT2D eigenvalue weighted by atomic mass is 35.5. The van der Waals surface area contributed by atoms with Gasteiger partial charge in [-0.3, -0.25) is 9.47 Å². The molecule has 3 aromatic rings. The Bertz CT molecular complexity index is 1240. The van der Waals surface area contributed by atoms with E-state index < -0.39 is 9.84 Å². The van der Waals surface area contributed by atoms with E-state index in [9.17, 15) is 8.42 Å². The molecule has 0 radical (unpaired) electrons. The van der Waals surface area contributed by atoms with Crippen LogP contribution in [-0.4, -0.2) is 52.3 Å². The number of benzene rings is 2. The number of rotatable bonds is 5. The Kier molecular flexibility index (Phi) is 6.05. The van der Waals surface area contributed by atoms with Crippen molar-refractivity contribution in [1.82, 2.24) is 19.2 Å². The summed E-state index contributed by atoms with van der Waals surface area (Å²) in [6, 6.07) is 14.9. The van der Waals surface area contributed by atoms with Gasteiger partial charge in [0.1, 0.15) is 0 Å². The van der Waals surface area contributed by atoms with Gasteiger partial charge in [-0.05, 0) is 56.0 Å². The van der Waals surface area contributed by atoms with Crippen LogP contribution in [-0.2, 0) is 16.5 Å². The lowest BCUT2D eigenvalue weighted by Gasteiger charge is -2.22. The van der Waals surface area contributed by atoms with Gasteiger partial charge in [0, 0.05) is 22.3 Å². The highest BCUT2D eigenvalue weighted by Gasteiger charge is 2.31. The lowest BCUT2D eigenvalue weighted by atomic mass is 10.2. The maximum absolute atomic E-state index is 11.9. The predicted molar refractivity (Wildman–Crippen MR) is 123 cm³/mol. The zero-order valence-electron chi connectivity index (χ0n) is 16.2. The van der Waals surface area contributed by atoms with Crippen LogP contribution in [0.2, 0.25) is 10.0 Å². The maximum Gasteiger partial charge on any atom is 0.204 e. The molecule has 30 heavy (non-hydrogen) atoms. The fourth-order valence-electron chi connectivity index (χ4n) is 3.60. The van der Waals surface area contributed by atoms with E-state index in [0.717, 1.165) is 5.69 Å². The quantitative estimate of drug-likeness (QED) is 0.502. The Morgan fingerprint density at radius 2 is 1.93 bits per heavy atom. The van der Waals surface area contributed by atoms with Crippen LogP contribution >= 0.6 is 35.4 Å². The van der Waals surface area contributed by atoms with Crippen molar-refractivity contribution < 1.29 is 8.42 Å². The van der Waals surface area contributed by atoms with Gasteiger partial charge < -0.3 is 0 Å². The van der Waals surface area contributed by atoms with E-state index >= 15 is 0 Å². The van der Waals surface area contributed by atoms with Crippen molar-refractivity contribution in [2.45, 2.75) is 19.1 Å². The summed E-state index contributed by atoms with van der Waals surface area (Å²) < 4.78 is 27.8. The lowest BCUT2D eigenvalue weighted by Crippen LogP contribution is -2.34. The SMILES string of the molecule is CN(Cn1nc(-c2ccc(Cl)cc2Cl)n(-c2ccccc2)c1=S)[C@@H]1CCS(=O)(=O)C1. The van der Waals surface area contributed by atoms with Crippen molar-refractivity contribution in [3.63, 3.8) is 0 Å². The second-order valence-corrected chi connectivity index (χ2v) is 10.8. The van der Waals surface area contributed by atoms with E-state index in [-0.39, 0.29) is 17.5 Å². The molecule has 1 aliphatic rings. The van der Waals surface area contributed by atoms with Gasteiger partial charge in [0.2, 0.25) is 4.77 Å². The molecule has 0 bridgehead atoms. The highest BCUT2D eigenvalue weighted by molar-refractivity contribution is 7.91. The Hall–Kier alpha value is -1.71. The molecule has 1 atom stereocenters. The van der Waals surface area contributed by atoms with Gasteiger partial charge in [0.25, 0.3) is 0 Å². The smallest absolute Gasteiger partial charge is 0.204 e. The predicted octanol–water partition coefficient (Wildman–Crippen LogP) is 4.45.